The number of halogens is 1. The molecule has 1 aliphatic rings. The van der Waals surface area contributed by atoms with E-state index in [1.54, 1.807) is 42.3 Å². The minimum absolute atomic E-state index is 0.111. The van der Waals surface area contributed by atoms with Gasteiger partial charge in [0.1, 0.15) is 15.9 Å². The van der Waals surface area contributed by atoms with Gasteiger partial charge >= 0.3 is 0 Å². The van der Waals surface area contributed by atoms with Gasteiger partial charge in [-0.15, -0.1) is 11.3 Å². The Morgan fingerprint density at radius 1 is 1.13 bits per heavy atom. The van der Waals surface area contributed by atoms with Crippen molar-refractivity contribution in [2.75, 3.05) is 38.2 Å². The first-order chi connectivity index (χ1) is 15.1. The number of ether oxygens (including phenoxy) is 1. The van der Waals surface area contributed by atoms with E-state index in [0.717, 1.165) is 45.9 Å². The maximum atomic E-state index is 13.0. The predicted octanol–water partition coefficient (Wildman–Crippen LogP) is 4.47. The number of amides is 1. The lowest BCUT2D eigenvalue weighted by molar-refractivity contribution is -0.130. The second kappa shape index (κ2) is 10.2. The van der Waals surface area contributed by atoms with Gasteiger partial charge in [0.05, 0.1) is 24.9 Å². The lowest BCUT2D eigenvalue weighted by Gasteiger charge is -2.36. The number of anilines is 1. The van der Waals surface area contributed by atoms with Crippen LogP contribution in [-0.4, -0.2) is 49.1 Å². The molecule has 0 aliphatic carbocycles. The van der Waals surface area contributed by atoms with Gasteiger partial charge in [0.15, 0.2) is 0 Å². The molecule has 0 spiro atoms. The monoisotopic (exact) mass is 457 g/mol. The zero-order valence-corrected chi connectivity index (χ0v) is 18.9. The quantitative estimate of drug-likeness (QED) is 0.490. The van der Waals surface area contributed by atoms with Crippen molar-refractivity contribution in [2.45, 2.75) is 16.5 Å². The highest BCUT2D eigenvalue weighted by Gasteiger charge is 2.23. The highest BCUT2D eigenvalue weighted by molar-refractivity contribution is 8.00. The average molecular weight is 458 g/mol. The number of benzene rings is 2. The minimum atomic E-state index is -0.229. The molecule has 0 saturated carbocycles. The molecule has 5 nitrogen and oxygen atoms in total. The lowest BCUT2D eigenvalue weighted by atomic mass is 10.2. The Labute approximate surface area is 189 Å². The first-order valence-electron chi connectivity index (χ1n) is 10.1. The molecule has 4 rings (SSSR count). The van der Waals surface area contributed by atoms with E-state index in [1.807, 2.05) is 28.5 Å². The number of aromatic nitrogens is 1. The van der Waals surface area contributed by atoms with Crippen LogP contribution in [0.4, 0.5) is 10.1 Å². The summed E-state index contributed by atoms with van der Waals surface area (Å²) in [4.78, 5) is 21.5. The Morgan fingerprint density at radius 3 is 2.61 bits per heavy atom. The number of piperazine rings is 1. The molecular formula is C23H24FN3O2S2. The number of thiazole rings is 1. The summed E-state index contributed by atoms with van der Waals surface area (Å²) in [5, 5.41) is 1.95. The van der Waals surface area contributed by atoms with E-state index in [2.05, 4.69) is 16.0 Å². The van der Waals surface area contributed by atoms with Gasteiger partial charge in [-0.3, -0.25) is 4.79 Å². The lowest BCUT2D eigenvalue weighted by Crippen LogP contribution is -2.49. The zero-order chi connectivity index (χ0) is 21.6. The maximum Gasteiger partial charge on any atom is 0.228 e. The van der Waals surface area contributed by atoms with E-state index >= 15 is 0 Å². The molecular weight excluding hydrogens is 433 g/mol. The number of thioether (sulfide) groups is 1. The van der Waals surface area contributed by atoms with Crippen molar-refractivity contribution in [3.8, 4) is 5.75 Å². The van der Waals surface area contributed by atoms with E-state index in [0.29, 0.717) is 19.5 Å². The standard InChI is InChI=1S/C23H24FN3O2S2/c1-29-21-5-3-2-4-20(21)26-10-12-27(13-11-26)22(28)14-19-16-31-23(25-19)30-15-17-6-8-18(24)9-7-17/h2-9,16H,10-15H2,1H3. The number of nitrogens with zero attached hydrogens (tertiary/aromatic N) is 3. The van der Waals surface area contributed by atoms with Crippen molar-refractivity contribution in [1.82, 2.24) is 9.88 Å². The fraction of sp³-hybridized carbons (Fsp3) is 0.304. The van der Waals surface area contributed by atoms with Gasteiger partial charge in [0, 0.05) is 37.3 Å². The number of carbonyl (C=O) groups is 1. The van der Waals surface area contributed by atoms with Gasteiger partial charge in [-0.1, -0.05) is 36.0 Å². The van der Waals surface area contributed by atoms with Crippen molar-refractivity contribution in [1.29, 1.82) is 0 Å². The molecule has 162 valence electrons. The van der Waals surface area contributed by atoms with Crippen molar-refractivity contribution in [3.63, 3.8) is 0 Å². The van der Waals surface area contributed by atoms with E-state index in [1.165, 1.54) is 12.1 Å². The normalized spacial score (nSPS) is 14.0. The van der Waals surface area contributed by atoms with Crippen molar-refractivity contribution in [3.05, 3.63) is 71.0 Å². The molecule has 2 aromatic carbocycles. The summed E-state index contributed by atoms with van der Waals surface area (Å²) in [5.74, 6) is 1.47. The van der Waals surface area contributed by atoms with Crippen molar-refractivity contribution < 1.29 is 13.9 Å². The van der Waals surface area contributed by atoms with E-state index in [-0.39, 0.29) is 11.7 Å². The summed E-state index contributed by atoms with van der Waals surface area (Å²) >= 11 is 3.15. The number of hydrogen-bond donors (Lipinski definition) is 0. The van der Waals surface area contributed by atoms with Gasteiger partial charge in [0.2, 0.25) is 5.91 Å². The van der Waals surface area contributed by atoms with Crippen LogP contribution in [0.15, 0.2) is 58.3 Å². The predicted molar refractivity (Wildman–Crippen MR) is 124 cm³/mol. The van der Waals surface area contributed by atoms with Crippen LogP contribution in [0.1, 0.15) is 11.3 Å². The number of para-hydroxylation sites is 2. The molecule has 1 fully saturated rings. The highest BCUT2D eigenvalue weighted by atomic mass is 32.2. The van der Waals surface area contributed by atoms with Crippen LogP contribution in [0.5, 0.6) is 5.75 Å². The third-order valence-electron chi connectivity index (χ3n) is 5.20. The molecule has 3 aromatic rings. The number of carbonyl (C=O) groups excluding carboxylic acids is 1. The number of hydrogen-bond acceptors (Lipinski definition) is 6. The van der Waals surface area contributed by atoms with Crippen LogP contribution in [0, 0.1) is 5.82 Å². The van der Waals surface area contributed by atoms with Gasteiger partial charge in [-0.05, 0) is 29.8 Å². The minimum Gasteiger partial charge on any atom is -0.495 e. The van der Waals surface area contributed by atoms with Crippen molar-refractivity contribution >= 4 is 34.7 Å². The molecule has 0 radical (unpaired) electrons. The molecule has 2 heterocycles. The Balaban J connectivity index is 1.27. The van der Waals surface area contributed by atoms with Crippen LogP contribution >= 0.6 is 23.1 Å². The summed E-state index contributed by atoms with van der Waals surface area (Å²) in [6, 6.07) is 14.5. The summed E-state index contributed by atoms with van der Waals surface area (Å²) in [5.41, 5.74) is 2.93. The molecule has 8 heteroatoms. The average Bonchev–Trinajstić information content (AvgIpc) is 3.26. The molecule has 1 aliphatic heterocycles. The molecule has 31 heavy (non-hydrogen) atoms. The Hall–Kier alpha value is -2.58. The molecule has 0 atom stereocenters. The molecule has 1 amide bonds. The second-order valence-corrected chi connectivity index (χ2v) is 9.32. The van der Waals surface area contributed by atoms with E-state index in [9.17, 15) is 9.18 Å². The largest absolute Gasteiger partial charge is 0.495 e. The van der Waals surface area contributed by atoms with Gasteiger partial charge < -0.3 is 14.5 Å². The van der Waals surface area contributed by atoms with Crippen LogP contribution in [-0.2, 0) is 17.0 Å². The highest BCUT2D eigenvalue weighted by Crippen LogP contribution is 2.29. The van der Waals surface area contributed by atoms with Crippen molar-refractivity contribution in [2.24, 2.45) is 0 Å². The van der Waals surface area contributed by atoms with Gasteiger partial charge in [0.25, 0.3) is 0 Å². The summed E-state index contributed by atoms with van der Waals surface area (Å²) in [6.07, 6.45) is 0.322. The number of methoxy groups -OCH3 is 1. The molecule has 0 N–H and O–H groups in total. The van der Waals surface area contributed by atoms with Crippen LogP contribution < -0.4 is 9.64 Å². The topological polar surface area (TPSA) is 45.7 Å². The van der Waals surface area contributed by atoms with E-state index < -0.39 is 0 Å². The Kier molecular flexibility index (Phi) is 7.09. The van der Waals surface area contributed by atoms with Crippen LogP contribution in [0.2, 0.25) is 0 Å². The van der Waals surface area contributed by atoms with Gasteiger partial charge in [-0.25, -0.2) is 9.37 Å². The third-order valence-corrected chi connectivity index (χ3v) is 7.34. The second-order valence-electron chi connectivity index (χ2n) is 7.24. The number of rotatable bonds is 7. The van der Waals surface area contributed by atoms with Crippen LogP contribution in [0.3, 0.4) is 0 Å². The molecule has 0 unspecified atom stereocenters. The fourth-order valence-electron chi connectivity index (χ4n) is 3.52. The fourth-order valence-corrected chi connectivity index (χ4v) is 5.32. The summed E-state index contributed by atoms with van der Waals surface area (Å²) in [6.45, 7) is 2.93. The smallest absolute Gasteiger partial charge is 0.228 e. The summed E-state index contributed by atoms with van der Waals surface area (Å²) < 4.78 is 19.4. The first kappa shape index (κ1) is 21.6. The van der Waals surface area contributed by atoms with Crippen LogP contribution in [0.25, 0.3) is 0 Å². The first-order valence-corrected chi connectivity index (χ1v) is 12.0. The zero-order valence-electron chi connectivity index (χ0n) is 17.3. The Morgan fingerprint density at radius 2 is 1.87 bits per heavy atom. The summed E-state index contributed by atoms with van der Waals surface area (Å²) in [7, 11) is 1.68. The Bertz CT molecular complexity index is 1020. The van der Waals surface area contributed by atoms with Gasteiger partial charge in [-0.2, -0.15) is 0 Å². The molecule has 1 aromatic heterocycles. The maximum absolute atomic E-state index is 13.0. The third kappa shape index (κ3) is 5.57. The molecule has 1 saturated heterocycles. The molecule has 0 bridgehead atoms. The van der Waals surface area contributed by atoms with E-state index in [4.69, 9.17) is 4.74 Å². The SMILES string of the molecule is COc1ccccc1N1CCN(C(=O)Cc2csc(SCc3ccc(F)cc3)n2)CC1.